The lowest BCUT2D eigenvalue weighted by Gasteiger charge is -2.26. The molecule has 3 aromatic rings. The van der Waals surface area contributed by atoms with Gasteiger partial charge in [0.05, 0.1) is 25.0 Å². The van der Waals surface area contributed by atoms with Crippen LogP contribution < -0.4 is 15.6 Å². The van der Waals surface area contributed by atoms with Crippen molar-refractivity contribution in [2.45, 2.75) is 19.5 Å². The van der Waals surface area contributed by atoms with Crippen LogP contribution in [0.5, 0.6) is 5.75 Å². The topological polar surface area (TPSA) is 76.5 Å². The van der Waals surface area contributed by atoms with Gasteiger partial charge in [-0.3, -0.25) is 9.59 Å². The molecule has 1 N–H and O–H groups in total. The van der Waals surface area contributed by atoms with E-state index in [0.29, 0.717) is 58.2 Å². The van der Waals surface area contributed by atoms with Crippen molar-refractivity contribution in [2.75, 3.05) is 19.0 Å². The molecule has 1 aliphatic heterocycles. The van der Waals surface area contributed by atoms with Crippen molar-refractivity contribution >= 4 is 35.6 Å². The fourth-order valence-electron chi connectivity index (χ4n) is 3.59. The average molecular weight is 459 g/mol. The van der Waals surface area contributed by atoms with Crippen molar-refractivity contribution in [3.8, 4) is 11.4 Å². The zero-order valence-corrected chi connectivity index (χ0v) is 18.3. The van der Waals surface area contributed by atoms with Crippen LogP contribution in [0.25, 0.3) is 5.69 Å². The van der Waals surface area contributed by atoms with E-state index in [-0.39, 0.29) is 12.1 Å². The number of fused-ring (bicyclic) bond motifs is 1. The summed E-state index contributed by atoms with van der Waals surface area (Å²) < 4.78 is 6.99. The number of carbonyl (C=O) groups excluding carboxylic acids is 1. The molecule has 0 bridgehead atoms. The number of methoxy groups -OCH3 is 1. The van der Waals surface area contributed by atoms with Crippen LogP contribution in [0.15, 0.2) is 47.3 Å². The largest absolute Gasteiger partial charge is 0.495 e. The van der Waals surface area contributed by atoms with Gasteiger partial charge in [-0.25, -0.2) is 9.55 Å². The Hall–Kier alpha value is -3.03. The average Bonchev–Trinajstić information content (AvgIpc) is 2.78. The predicted octanol–water partition coefficient (Wildman–Crippen LogP) is 3.67. The molecule has 2 aromatic carbocycles. The third-order valence-electron chi connectivity index (χ3n) is 5.19. The summed E-state index contributed by atoms with van der Waals surface area (Å²) in [5, 5.41) is 4.28. The lowest BCUT2D eigenvalue weighted by molar-refractivity contribution is -0.119. The molecule has 2 heterocycles. The van der Waals surface area contributed by atoms with E-state index in [1.54, 1.807) is 36.3 Å². The molecule has 4 rings (SSSR count). The summed E-state index contributed by atoms with van der Waals surface area (Å²) in [6.07, 6.45) is 1.22. The Morgan fingerprint density at radius 2 is 2.03 bits per heavy atom. The molecule has 7 nitrogen and oxygen atoms in total. The number of benzene rings is 2. The number of aromatic nitrogens is 2. The number of halogens is 2. The van der Waals surface area contributed by atoms with Gasteiger partial charge in [0.1, 0.15) is 5.75 Å². The number of nitrogens with zero attached hydrogens (tertiary/aromatic N) is 3. The third-order valence-corrected chi connectivity index (χ3v) is 5.78. The highest BCUT2D eigenvalue weighted by Crippen LogP contribution is 2.27. The zero-order chi connectivity index (χ0) is 22.0. The second-order valence-corrected chi connectivity index (χ2v) is 7.93. The molecular formula is C22H20Cl2N4O3. The second kappa shape index (κ2) is 8.99. The molecule has 0 atom stereocenters. The van der Waals surface area contributed by atoms with Gasteiger partial charge in [0.2, 0.25) is 12.4 Å². The van der Waals surface area contributed by atoms with E-state index < -0.39 is 0 Å². The summed E-state index contributed by atoms with van der Waals surface area (Å²) in [4.78, 5) is 31.1. The van der Waals surface area contributed by atoms with Gasteiger partial charge in [-0.05, 0) is 36.2 Å². The summed E-state index contributed by atoms with van der Waals surface area (Å²) in [6.45, 7) is 1.09. The molecule has 0 fully saturated rings. The molecule has 0 spiro atoms. The number of ether oxygens (including phenoxy) is 1. The van der Waals surface area contributed by atoms with Crippen molar-refractivity contribution in [1.82, 2.24) is 14.5 Å². The number of carbonyl (C=O) groups is 1. The van der Waals surface area contributed by atoms with Gasteiger partial charge >= 0.3 is 0 Å². The van der Waals surface area contributed by atoms with Crippen molar-refractivity contribution in [3.05, 3.63) is 79.7 Å². The maximum atomic E-state index is 13.5. The standard InChI is InChI=1S/C22H20Cl2N4O3/c1-31-20-5-3-2-4-19(20)28-21(30)16-8-9-27(13-29)12-18(16)26-22(28)25-11-14-6-7-15(23)10-17(14)24/h2-7,10,13H,8-9,11-12H2,1H3,(H,25,26). The van der Waals surface area contributed by atoms with Crippen LogP contribution in [0.4, 0.5) is 5.95 Å². The lowest BCUT2D eigenvalue weighted by Crippen LogP contribution is -2.37. The fraction of sp³-hybridized carbons (Fsp3) is 0.227. The summed E-state index contributed by atoms with van der Waals surface area (Å²) in [5.41, 5.74) is 2.37. The number of amides is 1. The summed E-state index contributed by atoms with van der Waals surface area (Å²) in [6, 6.07) is 12.5. The Labute approximate surface area is 189 Å². The Morgan fingerprint density at radius 3 is 2.77 bits per heavy atom. The molecule has 1 aromatic heterocycles. The highest BCUT2D eigenvalue weighted by Gasteiger charge is 2.24. The quantitative estimate of drug-likeness (QED) is 0.570. The molecule has 1 amide bonds. The van der Waals surface area contributed by atoms with Crippen molar-refractivity contribution in [3.63, 3.8) is 0 Å². The van der Waals surface area contributed by atoms with Gasteiger partial charge in [-0.2, -0.15) is 0 Å². The SMILES string of the molecule is COc1ccccc1-n1c(NCc2ccc(Cl)cc2Cl)nc2c(c1=O)CCN(C=O)C2. The van der Waals surface area contributed by atoms with Gasteiger partial charge < -0.3 is 15.0 Å². The van der Waals surface area contributed by atoms with Crippen LogP contribution in [0.3, 0.4) is 0 Å². The van der Waals surface area contributed by atoms with Crippen molar-refractivity contribution < 1.29 is 9.53 Å². The molecule has 0 unspecified atom stereocenters. The number of anilines is 1. The number of nitrogens with one attached hydrogen (secondary N) is 1. The molecule has 0 aliphatic carbocycles. The molecule has 1 aliphatic rings. The molecular weight excluding hydrogens is 439 g/mol. The van der Waals surface area contributed by atoms with Crippen molar-refractivity contribution in [2.24, 2.45) is 0 Å². The summed E-state index contributed by atoms with van der Waals surface area (Å²) in [7, 11) is 1.55. The van der Waals surface area contributed by atoms with Crippen LogP contribution in [0.1, 0.15) is 16.8 Å². The van der Waals surface area contributed by atoms with Crippen LogP contribution in [0, 0.1) is 0 Å². The van der Waals surface area contributed by atoms with E-state index in [2.05, 4.69) is 5.32 Å². The smallest absolute Gasteiger partial charge is 0.263 e. The molecule has 31 heavy (non-hydrogen) atoms. The Kier molecular flexibility index (Phi) is 6.15. The minimum atomic E-state index is -0.190. The van der Waals surface area contributed by atoms with Crippen LogP contribution in [-0.4, -0.2) is 34.5 Å². The number of hydrogen-bond acceptors (Lipinski definition) is 5. The summed E-state index contributed by atoms with van der Waals surface area (Å²) in [5.74, 6) is 0.885. The first-order chi connectivity index (χ1) is 15.0. The first-order valence-corrected chi connectivity index (χ1v) is 10.4. The maximum absolute atomic E-state index is 13.5. The monoisotopic (exact) mass is 458 g/mol. The molecule has 9 heteroatoms. The zero-order valence-electron chi connectivity index (χ0n) is 16.8. The van der Waals surface area contributed by atoms with Crippen LogP contribution in [-0.2, 0) is 24.3 Å². The second-order valence-electron chi connectivity index (χ2n) is 7.09. The molecule has 0 saturated carbocycles. The number of rotatable bonds is 6. The van der Waals surface area contributed by atoms with Crippen LogP contribution >= 0.6 is 23.2 Å². The molecule has 160 valence electrons. The van der Waals surface area contributed by atoms with Crippen LogP contribution in [0.2, 0.25) is 10.0 Å². The fourth-order valence-corrected chi connectivity index (χ4v) is 4.07. The van der Waals surface area contributed by atoms with E-state index in [1.807, 2.05) is 18.2 Å². The minimum Gasteiger partial charge on any atom is -0.495 e. The van der Waals surface area contributed by atoms with E-state index in [1.165, 1.54) is 4.57 Å². The van der Waals surface area contributed by atoms with E-state index >= 15 is 0 Å². The van der Waals surface area contributed by atoms with Gasteiger partial charge in [0, 0.05) is 28.7 Å². The van der Waals surface area contributed by atoms with Gasteiger partial charge in [-0.15, -0.1) is 0 Å². The lowest BCUT2D eigenvalue weighted by atomic mass is 10.1. The van der Waals surface area contributed by atoms with E-state index in [9.17, 15) is 9.59 Å². The first-order valence-electron chi connectivity index (χ1n) is 9.67. The molecule has 0 radical (unpaired) electrons. The minimum absolute atomic E-state index is 0.190. The van der Waals surface area contributed by atoms with E-state index in [4.69, 9.17) is 32.9 Å². The third kappa shape index (κ3) is 4.24. The normalized spacial score (nSPS) is 12.9. The summed E-state index contributed by atoms with van der Waals surface area (Å²) >= 11 is 12.3. The number of para-hydroxylation sites is 2. The van der Waals surface area contributed by atoms with Crippen molar-refractivity contribution in [1.29, 1.82) is 0 Å². The highest BCUT2D eigenvalue weighted by molar-refractivity contribution is 6.35. The van der Waals surface area contributed by atoms with Gasteiger partial charge in [-0.1, -0.05) is 41.4 Å². The number of hydrogen-bond donors (Lipinski definition) is 1. The highest BCUT2D eigenvalue weighted by atomic mass is 35.5. The Balaban J connectivity index is 1.82. The Bertz CT molecular complexity index is 1200. The van der Waals surface area contributed by atoms with Gasteiger partial charge in [0.15, 0.2) is 0 Å². The first kappa shape index (κ1) is 21.2. The predicted molar refractivity (Wildman–Crippen MR) is 120 cm³/mol. The Morgan fingerprint density at radius 1 is 1.23 bits per heavy atom. The molecule has 0 saturated heterocycles. The van der Waals surface area contributed by atoms with E-state index in [0.717, 1.165) is 12.0 Å². The maximum Gasteiger partial charge on any atom is 0.263 e. The van der Waals surface area contributed by atoms with Gasteiger partial charge in [0.25, 0.3) is 5.56 Å².